The highest BCUT2D eigenvalue weighted by Crippen LogP contribution is 2.11. The molecule has 2 N–H and O–H groups in total. The molecule has 0 fully saturated rings. The van der Waals surface area contributed by atoms with E-state index >= 15 is 0 Å². The zero-order valence-electron chi connectivity index (χ0n) is 14.2. The summed E-state index contributed by atoms with van der Waals surface area (Å²) < 4.78 is 5.74. The number of aliphatic imine (C=N–C) groups is 1. The van der Waals surface area contributed by atoms with Crippen LogP contribution in [0.15, 0.2) is 11.2 Å². The highest BCUT2D eigenvalue weighted by molar-refractivity contribution is 14.0. The standard InChI is InChI=1S/C15H28N4OS.HI/c1-6-20-14(11(2)3)7-8-17-15(16-5)19-10-13-9-18-12(4)21-13;/h9,11,14H,6-8,10H2,1-5H3,(H2,16,17,19);1H. The van der Waals surface area contributed by atoms with Gasteiger partial charge in [-0.3, -0.25) is 4.99 Å². The van der Waals surface area contributed by atoms with Gasteiger partial charge in [-0.1, -0.05) is 13.8 Å². The van der Waals surface area contributed by atoms with Gasteiger partial charge in [0, 0.05) is 31.3 Å². The van der Waals surface area contributed by atoms with E-state index in [4.69, 9.17) is 4.74 Å². The fourth-order valence-corrected chi connectivity index (χ4v) is 2.77. The van der Waals surface area contributed by atoms with Crippen molar-refractivity contribution in [3.8, 4) is 0 Å². The summed E-state index contributed by atoms with van der Waals surface area (Å²) in [6.45, 7) is 10.8. The number of guanidine groups is 1. The van der Waals surface area contributed by atoms with Crippen LogP contribution in [0, 0.1) is 12.8 Å². The van der Waals surface area contributed by atoms with Crippen molar-refractivity contribution >= 4 is 41.3 Å². The van der Waals surface area contributed by atoms with E-state index in [1.165, 1.54) is 4.88 Å². The minimum atomic E-state index is 0. The number of hydrogen-bond acceptors (Lipinski definition) is 4. The first kappa shape index (κ1) is 21.6. The first-order chi connectivity index (χ1) is 10.1. The fraction of sp³-hybridized carbons (Fsp3) is 0.733. The molecule has 128 valence electrons. The molecule has 0 saturated heterocycles. The summed E-state index contributed by atoms with van der Waals surface area (Å²) in [6.07, 6.45) is 3.18. The smallest absolute Gasteiger partial charge is 0.191 e. The number of aromatic nitrogens is 1. The Kier molecular flexibility index (Phi) is 11.8. The van der Waals surface area contributed by atoms with Crippen LogP contribution in [0.25, 0.3) is 0 Å². The summed E-state index contributed by atoms with van der Waals surface area (Å²) >= 11 is 1.70. The van der Waals surface area contributed by atoms with E-state index in [2.05, 4.69) is 34.5 Å². The third-order valence-electron chi connectivity index (χ3n) is 3.17. The Balaban J connectivity index is 0.00000441. The second-order valence-electron chi connectivity index (χ2n) is 5.22. The number of aryl methyl sites for hydroxylation is 1. The van der Waals surface area contributed by atoms with Gasteiger partial charge in [0.15, 0.2) is 5.96 Å². The quantitative estimate of drug-likeness (QED) is 0.371. The van der Waals surface area contributed by atoms with Gasteiger partial charge >= 0.3 is 0 Å². The van der Waals surface area contributed by atoms with Crippen LogP contribution < -0.4 is 10.6 Å². The van der Waals surface area contributed by atoms with Crippen molar-refractivity contribution in [1.29, 1.82) is 0 Å². The molecule has 7 heteroatoms. The number of rotatable bonds is 8. The van der Waals surface area contributed by atoms with Gasteiger partial charge in [0.2, 0.25) is 0 Å². The number of nitrogens with one attached hydrogen (secondary N) is 2. The Morgan fingerprint density at radius 2 is 2.14 bits per heavy atom. The summed E-state index contributed by atoms with van der Waals surface area (Å²) in [5.41, 5.74) is 0. The third-order valence-corrected chi connectivity index (χ3v) is 4.08. The van der Waals surface area contributed by atoms with Crippen LogP contribution in [-0.4, -0.2) is 37.2 Å². The van der Waals surface area contributed by atoms with E-state index in [0.717, 1.165) is 37.1 Å². The zero-order chi connectivity index (χ0) is 15.7. The van der Waals surface area contributed by atoms with Crippen LogP contribution in [0.4, 0.5) is 0 Å². The van der Waals surface area contributed by atoms with Gasteiger partial charge < -0.3 is 15.4 Å². The number of hydrogen-bond donors (Lipinski definition) is 2. The molecule has 22 heavy (non-hydrogen) atoms. The van der Waals surface area contributed by atoms with Crippen molar-refractivity contribution in [2.75, 3.05) is 20.2 Å². The highest BCUT2D eigenvalue weighted by Gasteiger charge is 2.12. The Bertz CT molecular complexity index is 437. The SMILES string of the molecule is CCOC(CCNC(=NC)NCc1cnc(C)s1)C(C)C.I. The minimum Gasteiger partial charge on any atom is -0.378 e. The maximum Gasteiger partial charge on any atom is 0.191 e. The molecule has 1 unspecified atom stereocenters. The first-order valence-corrected chi connectivity index (χ1v) is 8.35. The minimum absolute atomic E-state index is 0. The largest absolute Gasteiger partial charge is 0.378 e. The molecule has 1 rings (SSSR count). The molecule has 0 aliphatic carbocycles. The van der Waals surface area contributed by atoms with Crippen LogP contribution in [0.2, 0.25) is 0 Å². The predicted octanol–water partition coefficient (Wildman–Crippen LogP) is 3.19. The maximum atomic E-state index is 5.74. The summed E-state index contributed by atoms with van der Waals surface area (Å²) in [5, 5.41) is 7.72. The van der Waals surface area contributed by atoms with Gasteiger partial charge in [0.05, 0.1) is 17.7 Å². The Hall–Kier alpha value is -0.410. The summed E-state index contributed by atoms with van der Waals surface area (Å²) in [5.74, 6) is 1.35. The van der Waals surface area contributed by atoms with Crippen molar-refractivity contribution in [1.82, 2.24) is 15.6 Å². The van der Waals surface area contributed by atoms with E-state index < -0.39 is 0 Å². The van der Waals surface area contributed by atoms with E-state index in [0.29, 0.717) is 12.0 Å². The average Bonchev–Trinajstić information content (AvgIpc) is 2.86. The van der Waals surface area contributed by atoms with Crippen molar-refractivity contribution in [2.24, 2.45) is 10.9 Å². The molecule has 0 aliphatic rings. The topological polar surface area (TPSA) is 58.5 Å². The number of thiazole rings is 1. The molecule has 0 bridgehead atoms. The summed E-state index contributed by atoms with van der Waals surface area (Å²) in [6, 6.07) is 0. The molecule has 1 aromatic rings. The van der Waals surface area contributed by atoms with Gasteiger partial charge in [-0.2, -0.15) is 0 Å². The van der Waals surface area contributed by atoms with Gasteiger partial charge in [-0.15, -0.1) is 35.3 Å². The van der Waals surface area contributed by atoms with Gasteiger partial charge in [-0.25, -0.2) is 4.98 Å². The van der Waals surface area contributed by atoms with Crippen molar-refractivity contribution in [3.05, 3.63) is 16.1 Å². The molecule has 0 amide bonds. The Morgan fingerprint density at radius 3 is 2.64 bits per heavy atom. The molecule has 0 radical (unpaired) electrons. The predicted molar refractivity (Wildman–Crippen MR) is 105 cm³/mol. The molecule has 1 aromatic heterocycles. The average molecular weight is 440 g/mol. The summed E-state index contributed by atoms with van der Waals surface area (Å²) in [7, 11) is 1.79. The van der Waals surface area contributed by atoms with Gasteiger partial charge in [0.1, 0.15) is 0 Å². The lowest BCUT2D eigenvalue weighted by atomic mass is 10.0. The first-order valence-electron chi connectivity index (χ1n) is 7.54. The molecule has 1 atom stereocenters. The molecule has 5 nitrogen and oxygen atoms in total. The third kappa shape index (κ3) is 8.28. The second-order valence-corrected chi connectivity index (χ2v) is 6.54. The lowest BCUT2D eigenvalue weighted by Crippen LogP contribution is -2.38. The van der Waals surface area contributed by atoms with Gasteiger partial charge in [0.25, 0.3) is 0 Å². The Labute approximate surface area is 155 Å². The summed E-state index contributed by atoms with van der Waals surface area (Å²) in [4.78, 5) is 9.70. The number of nitrogens with zero attached hydrogens (tertiary/aromatic N) is 2. The lowest BCUT2D eigenvalue weighted by molar-refractivity contribution is 0.0258. The normalized spacial score (nSPS) is 12.9. The van der Waals surface area contributed by atoms with Crippen LogP contribution in [0.1, 0.15) is 37.1 Å². The van der Waals surface area contributed by atoms with Crippen molar-refractivity contribution in [2.45, 2.75) is 46.8 Å². The monoisotopic (exact) mass is 440 g/mol. The van der Waals surface area contributed by atoms with Crippen LogP contribution in [0.3, 0.4) is 0 Å². The van der Waals surface area contributed by atoms with E-state index in [1.54, 1.807) is 18.4 Å². The molecule has 1 heterocycles. The van der Waals surface area contributed by atoms with Crippen molar-refractivity contribution in [3.63, 3.8) is 0 Å². The van der Waals surface area contributed by atoms with Crippen molar-refractivity contribution < 1.29 is 4.74 Å². The molecule has 0 spiro atoms. The van der Waals surface area contributed by atoms with E-state index in [9.17, 15) is 0 Å². The van der Waals surface area contributed by atoms with Gasteiger partial charge in [-0.05, 0) is 26.2 Å². The Morgan fingerprint density at radius 1 is 1.41 bits per heavy atom. The van der Waals surface area contributed by atoms with Crippen LogP contribution in [0.5, 0.6) is 0 Å². The molecule has 0 saturated carbocycles. The zero-order valence-corrected chi connectivity index (χ0v) is 17.3. The van der Waals surface area contributed by atoms with Crippen LogP contribution in [-0.2, 0) is 11.3 Å². The second kappa shape index (κ2) is 12.1. The molecular weight excluding hydrogens is 411 g/mol. The lowest BCUT2D eigenvalue weighted by Gasteiger charge is -2.21. The molecule has 0 aliphatic heterocycles. The highest BCUT2D eigenvalue weighted by atomic mass is 127. The van der Waals surface area contributed by atoms with Crippen LogP contribution >= 0.6 is 35.3 Å². The fourth-order valence-electron chi connectivity index (χ4n) is 2.03. The number of halogens is 1. The number of ether oxygens (including phenoxy) is 1. The maximum absolute atomic E-state index is 5.74. The molecule has 0 aromatic carbocycles. The van der Waals surface area contributed by atoms with E-state index in [-0.39, 0.29) is 24.0 Å². The van der Waals surface area contributed by atoms with E-state index in [1.807, 2.05) is 20.0 Å². The molecular formula is C15H29IN4OS.